The molecular formula is C10H11N5O2S. The molecule has 2 rings (SSSR count). The Balaban J connectivity index is 2.35. The number of pyridine rings is 1. The van der Waals surface area contributed by atoms with Crippen LogP contribution in [0.25, 0.3) is 0 Å². The maximum Gasteiger partial charge on any atom is 0.335 e. The lowest BCUT2D eigenvalue weighted by Crippen LogP contribution is -2.01. The number of carboxylic acid groups (broad SMARTS) is 1. The first-order valence-corrected chi connectivity index (χ1v) is 6.06. The second kappa shape index (κ2) is 5.13. The van der Waals surface area contributed by atoms with Crippen molar-refractivity contribution in [1.82, 2.24) is 25.2 Å². The molecule has 0 aliphatic heterocycles. The fourth-order valence-electron chi connectivity index (χ4n) is 1.32. The number of nitrogens with zero attached hydrogens (tertiary/aromatic N) is 5. The summed E-state index contributed by atoms with van der Waals surface area (Å²) in [6, 6.07) is 3.09. The summed E-state index contributed by atoms with van der Waals surface area (Å²) in [5.41, 5.74) is 0.951. The minimum Gasteiger partial charge on any atom is -0.478 e. The molecule has 0 bridgehead atoms. The molecule has 0 aliphatic rings. The van der Waals surface area contributed by atoms with Gasteiger partial charge in [-0.15, -0.1) is 5.10 Å². The molecule has 2 aromatic heterocycles. The van der Waals surface area contributed by atoms with E-state index in [9.17, 15) is 4.79 Å². The third-order valence-electron chi connectivity index (χ3n) is 2.24. The van der Waals surface area contributed by atoms with Gasteiger partial charge in [0.1, 0.15) is 5.03 Å². The zero-order chi connectivity index (χ0) is 13.1. The summed E-state index contributed by atoms with van der Waals surface area (Å²) in [5, 5.41) is 21.2. The van der Waals surface area contributed by atoms with Gasteiger partial charge in [0.2, 0.25) is 5.16 Å². The number of carbonyl (C=O) groups is 1. The first kappa shape index (κ1) is 12.5. The van der Waals surface area contributed by atoms with E-state index in [1.807, 2.05) is 6.92 Å². The summed E-state index contributed by atoms with van der Waals surface area (Å²) in [4.78, 5) is 15.3. The molecule has 0 aliphatic carbocycles. The Morgan fingerprint density at radius 2 is 2.28 bits per heavy atom. The number of carboxylic acids is 1. The Bertz CT molecular complexity index is 583. The van der Waals surface area contributed by atoms with Crippen LogP contribution >= 0.6 is 11.8 Å². The molecule has 2 heterocycles. The molecule has 0 saturated heterocycles. The lowest BCUT2D eigenvalue weighted by molar-refractivity contribution is 0.0696. The normalized spacial score (nSPS) is 10.6. The number of hydrogen-bond acceptors (Lipinski definition) is 6. The minimum atomic E-state index is -0.968. The molecule has 0 unspecified atom stereocenters. The topological polar surface area (TPSA) is 93.8 Å². The number of aromatic nitrogens is 5. The summed E-state index contributed by atoms with van der Waals surface area (Å²) >= 11 is 1.23. The van der Waals surface area contributed by atoms with Crippen LogP contribution in [0.5, 0.6) is 0 Å². The van der Waals surface area contributed by atoms with Crippen LogP contribution in [0.3, 0.4) is 0 Å². The fraction of sp³-hybridized carbons (Fsp3) is 0.300. The highest BCUT2D eigenvalue weighted by atomic mass is 32.2. The van der Waals surface area contributed by atoms with Crippen LogP contribution in [0.4, 0.5) is 0 Å². The van der Waals surface area contributed by atoms with Crippen LogP contribution in [0.2, 0.25) is 0 Å². The Morgan fingerprint density at radius 1 is 1.50 bits per heavy atom. The number of aromatic carboxylic acids is 1. The highest BCUT2D eigenvalue weighted by molar-refractivity contribution is 7.99. The first-order valence-electron chi connectivity index (χ1n) is 5.24. The molecule has 7 nitrogen and oxygen atoms in total. The Hall–Kier alpha value is -1.96. The molecule has 0 atom stereocenters. The van der Waals surface area contributed by atoms with Gasteiger partial charge in [-0.25, -0.2) is 14.5 Å². The monoisotopic (exact) mass is 265 g/mol. The maximum absolute atomic E-state index is 11.0. The van der Waals surface area contributed by atoms with Crippen LogP contribution < -0.4 is 0 Å². The molecular weight excluding hydrogens is 254 g/mol. The van der Waals surface area contributed by atoms with Gasteiger partial charge in [-0.1, -0.05) is 6.92 Å². The molecule has 0 spiro atoms. The molecule has 18 heavy (non-hydrogen) atoms. The second-order valence-electron chi connectivity index (χ2n) is 3.53. The highest BCUT2D eigenvalue weighted by Crippen LogP contribution is 2.24. The van der Waals surface area contributed by atoms with Crippen LogP contribution in [0, 0.1) is 0 Å². The van der Waals surface area contributed by atoms with Gasteiger partial charge in [0, 0.05) is 12.7 Å². The third-order valence-corrected chi connectivity index (χ3v) is 3.19. The fourth-order valence-corrected chi connectivity index (χ4v) is 2.10. The van der Waals surface area contributed by atoms with E-state index in [0.29, 0.717) is 16.6 Å². The molecule has 94 valence electrons. The van der Waals surface area contributed by atoms with Gasteiger partial charge in [-0.05, 0) is 40.7 Å². The molecule has 0 saturated carbocycles. The predicted octanol–water partition coefficient (Wildman–Crippen LogP) is 1.02. The van der Waals surface area contributed by atoms with Gasteiger partial charge in [0.25, 0.3) is 0 Å². The molecule has 0 amide bonds. The maximum atomic E-state index is 11.0. The molecule has 1 N–H and O–H groups in total. The predicted molar refractivity (Wildman–Crippen MR) is 63.5 cm³/mol. The summed E-state index contributed by atoms with van der Waals surface area (Å²) in [6.45, 7) is 1.92. The van der Waals surface area contributed by atoms with Crippen molar-refractivity contribution in [3.8, 4) is 0 Å². The van der Waals surface area contributed by atoms with E-state index in [0.717, 1.165) is 5.69 Å². The molecule has 8 heteroatoms. The van der Waals surface area contributed by atoms with Crippen LogP contribution in [-0.2, 0) is 13.5 Å². The van der Waals surface area contributed by atoms with Crippen molar-refractivity contribution in [2.75, 3.05) is 0 Å². The smallest absolute Gasteiger partial charge is 0.335 e. The van der Waals surface area contributed by atoms with Gasteiger partial charge >= 0.3 is 5.97 Å². The van der Waals surface area contributed by atoms with Crippen molar-refractivity contribution < 1.29 is 9.90 Å². The Morgan fingerprint density at radius 3 is 2.83 bits per heavy atom. The number of tetrazole rings is 1. The standard InChI is InChI=1S/C10H11N5O2S/c1-3-7-4-6(9(16)17)5-8(11-7)18-10-12-13-14-15(10)2/h4-5H,3H2,1-2H3,(H,16,17). The largest absolute Gasteiger partial charge is 0.478 e. The number of hydrogen-bond donors (Lipinski definition) is 1. The number of rotatable bonds is 4. The van der Waals surface area contributed by atoms with Crippen molar-refractivity contribution >= 4 is 17.7 Å². The van der Waals surface area contributed by atoms with Crippen LogP contribution in [-0.4, -0.2) is 36.3 Å². The van der Waals surface area contributed by atoms with Gasteiger partial charge in [-0.2, -0.15) is 0 Å². The van der Waals surface area contributed by atoms with Crippen molar-refractivity contribution in [3.05, 3.63) is 23.4 Å². The third kappa shape index (κ3) is 2.65. The second-order valence-corrected chi connectivity index (χ2v) is 4.52. The summed E-state index contributed by atoms with van der Waals surface area (Å²) < 4.78 is 1.51. The summed E-state index contributed by atoms with van der Waals surface area (Å²) in [6.07, 6.45) is 0.672. The van der Waals surface area contributed by atoms with Crippen LogP contribution in [0.1, 0.15) is 23.0 Å². The van der Waals surface area contributed by atoms with E-state index in [1.165, 1.54) is 22.5 Å². The Kier molecular flexibility index (Phi) is 3.56. The first-order chi connectivity index (χ1) is 8.60. The lowest BCUT2D eigenvalue weighted by atomic mass is 10.2. The van der Waals surface area contributed by atoms with E-state index in [1.54, 1.807) is 13.1 Å². The lowest BCUT2D eigenvalue weighted by Gasteiger charge is -2.04. The SMILES string of the molecule is CCc1cc(C(=O)O)cc(Sc2nnnn2C)n1. The van der Waals surface area contributed by atoms with E-state index >= 15 is 0 Å². The van der Waals surface area contributed by atoms with Crippen molar-refractivity contribution in [2.24, 2.45) is 7.05 Å². The number of aryl methyl sites for hydroxylation is 2. The molecule has 0 radical (unpaired) electrons. The van der Waals surface area contributed by atoms with Crippen molar-refractivity contribution in [2.45, 2.75) is 23.5 Å². The van der Waals surface area contributed by atoms with Crippen LogP contribution in [0.15, 0.2) is 22.3 Å². The van der Waals surface area contributed by atoms with E-state index < -0.39 is 5.97 Å². The minimum absolute atomic E-state index is 0.222. The van der Waals surface area contributed by atoms with Gasteiger partial charge in [-0.3, -0.25) is 0 Å². The molecule has 0 aromatic carbocycles. The highest BCUT2D eigenvalue weighted by Gasteiger charge is 2.11. The quantitative estimate of drug-likeness (QED) is 0.881. The van der Waals surface area contributed by atoms with E-state index in [-0.39, 0.29) is 5.56 Å². The average Bonchev–Trinajstić information content (AvgIpc) is 2.74. The zero-order valence-corrected chi connectivity index (χ0v) is 10.7. The Labute approximate surface area is 107 Å². The molecule has 2 aromatic rings. The van der Waals surface area contributed by atoms with E-state index in [2.05, 4.69) is 20.5 Å². The van der Waals surface area contributed by atoms with Gasteiger partial charge < -0.3 is 5.11 Å². The molecule has 0 fully saturated rings. The summed E-state index contributed by atoms with van der Waals surface area (Å²) in [5.74, 6) is -0.968. The van der Waals surface area contributed by atoms with Gasteiger partial charge in [0.05, 0.1) is 5.56 Å². The van der Waals surface area contributed by atoms with Gasteiger partial charge in [0.15, 0.2) is 0 Å². The van der Waals surface area contributed by atoms with Crippen molar-refractivity contribution in [1.29, 1.82) is 0 Å². The average molecular weight is 265 g/mol. The zero-order valence-electron chi connectivity index (χ0n) is 9.86. The van der Waals surface area contributed by atoms with Crippen molar-refractivity contribution in [3.63, 3.8) is 0 Å². The van der Waals surface area contributed by atoms with E-state index in [4.69, 9.17) is 5.11 Å². The summed E-state index contributed by atoms with van der Waals surface area (Å²) in [7, 11) is 1.71.